The second-order valence-electron chi connectivity index (χ2n) is 4.34. The molecular formula is C11H22N2O. The number of amides is 1. The van der Waals surface area contributed by atoms with Crippen molar-refractivity contribution in [3.63, 3.8) is 0 Å². The van der Waals surface area contributed by atoms with Crippen molar-refractivity contribution in [3.05, 3.63) is 0 Å². The van der Waals surface area contributed by atoms with E-state index in [9.17, 15) is 4.79 Å². The lowest BCUT2D eigenvalue weighted by Crippen LogP contribution is -2.45. The van der Waals surface area contributed by atoms with Crippen LogP contribution in [0.15, 0.2) is 0 Å². The van der Waals surface area contributed by atoms with Crippen LogP contribution in [0.1, 0.15) is 39.5 Å². The van der Waals surface area contributed by atoms with Gasteiger partial charge in [-0.3, -0.25) is 4.79 Å². The van der Waals surface area contributed by atoms with Crippen molar-refractivity contribution in [2.24, 2.45) is 17.1 Å². The summed E-state index contributed by atoms with van der Waals surface area (Å²) in [5.41, 5.74) is 5.37. The molecule has 1 amide bonds. The van der Waals surface area contributed by atoms with Crippen molar-refractivity contribution in [1.29, 1.82) is 0 Å². The van der Waals surface area contributed by atoms with E-state index < -0.39 is 0 Å². The van der Waals surface area contributed by atoms with E-state index in [1.54, 1.807) is 0 Å². The zero-order chi connectivity index (χ0) is 10.6. The molecule has 0 aromatic heterocycles. The topological polar surface area (TPSA) is 55.1 Å². The molecule has 0 spiro atoms. The third kappa shape index (κ3) is 2.47. The van der Waals surface area contributed by atoms with Crippen LogP contribution < -0.4 is 11.1 Å². The maximum absolute atomic E-state index is 11.9. The Morgan fingerprint density at radius 2 is 2.00 bits per heavy atom. The van der Waals surface area contributed by atoms with Crippen LogP contribution in [-0.2, 0) is 4.79 Å². The molecule has 1 fully saturated rings. The van der Waals surface area contributed by atoms with Crippen LogP contribution in [0.3, 0.4) is 0 Å². The number of hydrogen-bond donors (Lipinski definition) is 2. The second-order valence-corrected chi connectivity index (χ2v) is 4.34. The lowest BCUT2D eigenvalue weighted by atomic mass is 9.81. The van der Waals surface area contributed by atoms with Crippen LogP contribution in [0.2, 0.25) is 0 Å². The molecule has 0 atom stereocenters. The minimum atomic E-state index is -0.325. The Balaban J connectivity index is 2.43. The molecule has 82 valence electrons. The van der Waals surface area contributed by atoms with Crippen molar-refractivity contribution in [2.75, 3.05) is 13.1 Å². The van der Waals surface area contributed by atoms with E-state index in [0.717, 1.165) is 25.3 Å². The molecule has 3 heteroatoms. The highest BCUT2D eigenvalue weighted by Crippen LogP contribution is 2.29. The number of carbonyl (C=O) groups excluding carboxylic acids is 1. The first-order chi connectivity index (χ1) is 6.68. The number of nitrogens with two attached hydrogens (primary N) is 1. The summed E-state index contributed by atoms with van der Waals surface area (Å²) in [6.07, 6.45) is 4.20. The van der Waals surface area contributed by atoms with Crippen LogP contribution in [0.25, 0.3) is 0 Å². The van der Waals surface area contributed by atoms with Gasteiger partial charge in [-0.15, -0.1) is 0 Å². The highest BCUT2D eigenvalue weighted by atomic mass is 16.2. The molecule has 0 heterocycles. The highest BCUT2D eigenvalue weighted by molar-refractivity contribution is 5.82. The lowest BCUT2D eigenvalue weighted by Gasteiger charge is -2.28. The molecule has 0 aliphatic heterocycles. The van der Waals surface area contributed by atoms with Crippen molar-refractivity contribution in [3.8, 4) is 0 Å². The Morgan fingerprint density at radius 1 is 1.43 bits per heavy atom. The molecule has 0 aromatic carbocycles. The van der Waals surface area contributed by atoms with Crippen molar-refractivity contribution in [1.82, 2.24) is 5.32 Å². The number of rotatable bonds is 6. The fourth-order valence-electron chi connectivity index (χ4n) is 1.70. The fourth-order valence-corrected chi connectivity index (χ4v) is 1.70. The zero-order valence-corrected chi connectivity index (χ0v) is 9.31. The van der Waals surface area contributed by atoms with E-state index in [4.69, 9.17) is 5.73 Å². The van der Waals surface area contributed by atoms with E-state index in [1.165, 1.54) is 12.8 Å². The first-order valence-corrected chi connectivity index (χ1v) is 5.67. The zero-order valence-electron chi connectivity index (χ0n) is 9.31. The third-order valence-electron chi connectivity index (χ3n) is 3.47. The Hall–Kier alpha value is -0.570. The van der Waals surface area contributed by atoms with E-state index in [1.807, 2.05) is 13.8 Å². The van der Waals surface area contributed by atoms with Crippen molar-refractivity contribution in [2.45, 2.75) is 39.5 Å². The van der Waals surface area contributed by atoms with Crippen LogP contribution in [0.4, 0.5) is 0 Å². The molecule has 1 aliphatic carbocycles. The summed E-state index contributed by atoms with van der Waals surface area (Å²) in [6, 6.07) is 0. The van der Waals surface area contributed by atoms with E-state index in [-0.39, 0.29) is 11.3 Å². The predicted molar refractivity (Wildman–Crippen MR) is 57.8 cm³/mol. The van der Waals surface area contributed by atoms with Gasteiger partial charge in [-0.2, -0.15) is 0 Å². The van der Waals surface area contributed by atoms with Gasteiger partial charge in [-0.25, -0.2) is 0 Å². The molecule has 0 bridgehead atoms. The normalized spacial score (nSPS) is 16.8. The average molecular weight is 198 g/mol. The Bertz CT molecular complexity index is 187. The Kier molecular flexibility index (Phi) is 3.93. The summed E-state index contributed by atoms with van der Waals surface area (Å²) in [6.45, 7) is 5.37. The van der Waals surface area contributed by atoms with Gasteiger partial charge in [0.2, 0.25) is 5.91 Å². The molecule has 1 rings (SSSR count). The third-order valence-corrected chi connectivity index (χ3v) is 3.47. The van der Waals surface area contributed by atoms with Gasteiger partial charge < -0.3 is 11.1 Å². The van der Waals surface area contributed by atoms with Crippen molar-refractivity contribution < 1.29 is 4.79 Å². The van der Waals surface area contributed by atoms with Crippen LogP contribution in [-0.4, -0.2) is 19.0 Å². The average Bonchev–Trinajstić information content (AvgIpc) is 3.02. The summed E-state index contributed by atoms with van der Waals surface area (Å²) >= 11 is 0. The Morgan fingerprint density at radius 3 is 2.36 bits per heavy atom. The molecule has 3 N–H and O–H groups in total. The van der Waals surface area contributed by atoms with Gasteiger partial charge in [0.1, 0.15) is 0 Å². The molecule has 0 radical (unpaired) electrons. The van der Waals surface area contributed by atoms with Crippen LogP contribution in [0.5, 0.6) is 0 Å². The van der Waals surface area contributed by atoms with Gasteiger partial charge in [0, 0.05) is 13.1 Å². The van der Waals surface area contributed by atoms with E-state index in [0.29, 0.717) is 6.54 Å². The number of nitrogens with one attached hydrogen (secondary N) is 1. The maximum atomic E-state index is 11.9. The summed E-state index contributed by atoms with van der Waals surface area (Å²) in [4.78, 5) is 11.9. The fraction of sp³-hybridized carbons (Fsp3) is 0.909. The second kappa shape index (κ2) is 4.78. The quantitative estimate of drug-likeness (QED) is 0.675. The molecule has 3 nitrogen and oxygen atoms in total. The van der Waals surface area contributed by atoms with Gasteiger partial charge in [0.25, 0.3) is 0 Å². The van der Waals surface area contributed by atoms with E-state index >= 15 is 0 Å². The SMILES string of the molecule is CCC(CC)(CN)C(=O)NCC1CC1. The summed E-state index contributed by atoms with van der Waals surface area (Å²) in [5, 5.41) is 3.02. The summed E-state index contributed by atoms with van der Waals surface area (Å²) in [7, 11) is 0. The molecule has 0 saturated heterocycles. The van der Waals surface area contributed by atoms with Gasteiger partial charge >= 0.3 is 0 Å². The standard InChI is InChI=1S/C11H22N2O/c1-3-11(4-2,8-12)10(14)13-7-9-5-6-9/h9H,3-8,12H2,1-2H3,(H,13,14). The van der Waals surface area contributed by atoms with E-state index in [2.05, 4.69) is 5.32 Å². The number of carbonyl (C=O) groups is 1. The molecule has 0 aromatic rings. The molecule has 14 heavy (non-hydrogen) atoms. The number of hydrogen-bond acceptors (Lipinski definition) is 2. The molecule has 1 saturated carbocycles. The summed E-state index contributed by atoms with van der Waals surface area (Å²) < 4.78 is 0. The monoisotopic (exact) mass is 198 g/mol. The predicted octanol–water partition coefficient (Wildman–Crippen LogP) is 1.28. The van der Waals surface area contributed by atoms with Crippen LogP contribution >= 0.6 is 0 Å². The van der Waals surface area contributed by atoms with Gasteiger partial charge in [-0.05, 0) is 31.6 Å². The minimum absolute atomic E-state index is 0.150. The Labute approximate surface area is 86.4 Å². The van der Waals surface area contributed by atoms with Crippen LogP contribution in [0, 0.1) is 11.3 Å². The smallest absolute Gasteiger partial charge is 0.227 e. The van der Waals surface area contributed by atoms with Crippen molar-refractivity contribution >= 4 is 5.91 Å². The first kappa shape index (κ1) is 11.5. The maximum Gasteiger partial charge on any atom is 0.227 e. The largest absolute Gasteiger partial charge is 0.355 e. The van der Waals surface area contributed by atoms with Gasteiger partial charge in [0.15, 0.2) is 0 Å². The minimum Gasteiger partial charge on any atom is -0.355 e. The summed E-state index contributed by atoms with van der Waals surface area (Å²) in [5.74, 6) is 0.889. The molecule has 1 aliphatic rings. The highest BCUT2D eigenvalue weighted by Gasteiger charge is 2.34. The first-order valence-electron chi connectivity index (χ1n) is 5.67. The van der Waals surface area contributed by atoms with Gasteiger partial charge in [-0.1, -0.05) is 13.8 Å². The van der Waals surface area contributed by atoms with Gasteiger partial charge in [0.05, 0.1) is 5.41 Å². The lowest BCUT2D eigenvalue weighted by molar-refractivity contribution is -0.131. The molecule has 0 unspecified atom stereocenters. The molecular weight excluding hydrogens is 176 g/mol.